The number of imidazole rings is 1. The highest BCUT2D eigenvalue weighted by atomic mass is 16.5. The molecule has 33 heavy (non-hydrogen) atoms. The lowest BCUT2D eigenvalue weighted by molar-refractivity contribution is -0.133. The minimum absolute atomic E-state index is 0.0257. The highest BCUT2D eigenvalue weighted by Crippen LogP contribution is 2.38. The van der Waals surface area contributed by atoms with E-state index in [0.717, 1.165) is 24.2 Å². The summed E-state index contributed by atoms with van der Waals surface area (Å²) in [6.07, 6.45) is 3.12. The summed E-state index contributed by atoms with van der Waals surface area (Å²) in [5.41, 5.74) is 0.119. The van der Waals surface area contributed by atoms with E-state index in [1.165, 1.54) is 6.33 Å². The number of amides is 3. The van der Waals surface area contributed by atoms with Crippen molar-refractivity contribution in [2.45, 2.75) is 44.4 Å². The lowest BCUT2D eigenvalue weighted by atomic mass is 9.93. The van der Waals surface area contributed by atoms with Gasteiger partial charge in [0.05, 0.1) is 26.6 Å². The number of aromatic nitrogens is 2. The van der Waals surface area contributed by atoms with Crippen molar-refractivity contribution in [3.8, 4) is 5.75 Å². The summed E-state index contributed by atoms with van der Waals surface area (Å²) < 4.78 is 11.7. The maximum atomic E-state index is 13.5. The molecule has 2 N–H and O–H groups in total. The van der Waals surface area contributed by atoms with Crippen molar-refractivity contribution in [2.75, 3.05) is 27.4 Å². The summed E-state index contributed by atoms with van der Waals surface area (Å²) in [4.78, 5) is 45.3. The van der Waals surface area contributed by atoms with Gasteiger partial charge in [-0.15, -0.1) is 0 Å². The Labute approximate surface area is 192 Å². The molecule has 10 heteroatoms. The SMILES string of the molecule is COCCNC(=O)c1ncn2c1C(=O)N(C1CC1)C(C)(C(=O)NCc1ccc(OC)cc1)C2. The largest absolute Gasteiger partial charge is 0.497 e. The standard InChI is InChI=1S/C23H29N5O5/c1-23(22(31)25-12-15-4-8-17(33-3)9-5-15)13-27-14-26-18(20(29)24-10-11-32-2)19(27)21(30)28(23)16-6-7-16/h4-5,8-9,14,16H,6-7,10-13H2,1-3H3,(H,24,29)(H,25,31). The highest BCUT2D eigenvalue weighted by Gasteiger charge is 2.53. The molecule has 2 heterocycles. The van der Waals surface area contributed by atoms with E-state index < -0.39 is 11.4 Å². The second-order valence-corrected chi connectivity index (χ2v) is 8.53. The first-order valence-corrected chi connectivity index (χ1v) is 11.0. The van der Waals surface area contributed by atoms with Crippen LogP contribution in [0.5, 0.6) is 5.75 Å². The summed E-state index contributed by atoms with van der Waals surface area (Å²) in [6, 6.07) is 7.41. The summed E-state index contributed by atoms with van der Waals surface area (Å²) in [5, 5.41) is 5.68. The monoisotopic (exact) mass is 455 g/mol. The number of fused-ring (bicyclic) bond motifs is 1. The van der Waals surface area contributed by atoms with Gasteiger partial charge in [-0.1, -0.05) is 12.1 Å². The van der Waals surface area contributed by atoms with Crippen LogP contribution in [0.4, 0.5) is 0 Å². The van der Waals surface area contributed by atoms with Gasteiger partial charge in [0.15, 0.2) is 5.69 Å². The molecule has 1 fully saturated rings. The molecule has 0 bridgehead atoms. The molecule has 1 aliphatic heterocycles. The number of hydrogen-bond acceptors (Lipinski definition) is 6. The van der Waals surface area contributed by atoms with Crippen molar-refractivity contribution < 1.29 is 23.9 Å². The van der Waals surface area contributed by atoms with Crippen LogP contribution in [0.25, 0.3) is 0 Å². The normalized spacial score (nSPS) is 19.7. The molecular weight excluding hydrogens is 426 g/mol. The number of carbonyl (C=O) groups excluding carboxylic acids is 3. The van der Waals surface area contributed by atoms with E-state index in [0.29, 0.717) is 19.7 Å². The lowest BCUT2D eigenvalue weighted by Crippen LogP contribution is -2.64. The molecule has 0 saturated heterocycles. The number of carbonyl (C=O) groups is 3. The van der Waals surface area contributed by atoms with Crippen LogP contribution in [0.2, 0.25) is 0 Å². The predicted octanol–water partition coefficient (Wildman–Crippen LogP) is 0.961. The Morgan fingerprint density at radius 3 is 2.55 bits per heavy atom. The van der Waals surface area contributed by atoms with Gasteiger partial charge in [0.2, 0.25) is 5.91 Å². The van der Waals surface area contributed by atoms with Gasteiger partial charge in [-0.25, -0.2) is 4.98 Å². The average molecular weight is 456 g/mol. The highest BCUT2D eigenvalue weighted by molar-refractivity contribution is 6.07. The Morgan fingerprint density at radius 2 is 1.91 bits per heavy atom. The maximum Gasteiger partial charge on any atom is 0.274 e. The molecule has 10 nitrogen and oxygen atoms in total. The Kier molecular flexibility index (Phi) is 6.37. The number of nitrogens with one attached hydrogen (secondary N) is 2. The third-order valence-corrected chi connectivity index (χ3v) is 6.09. The van der Waals surface area contributed by atoms with Crippen molar-refractivity contribution in [1.82, 2.24) is 25.1 Å². The minimum atomic E-state index is -1.10. The van der Waals surface area contributed by atoms with Gasteiger partial charge in [-0.3, -0.25) is 14.4 Å². The topological polar surface area (TPSA) is 115 Å². The molecule has 2 aliphatic rings. The maximum absolute atomic E-state index is 13.5. The molecule has 176 valence electrons. The van der Waals surface area contributed by atoms with E-state index in [4.69, 9.17) is 9.47 Å². The third-order valence-electron chi connectivity index (χ3n) is 6.09. The number of rotatable bonds is 9. The van der Waals surface area contributed by atoms with Crippen LogP contribution in [-0.2, 0) is 22.6 Å². The average Bonchev–Trinajstić information content (AvgIpc) is 3.55. The second-order valence-electron chi connectivity index (χ2n) is 8.53. The molecule has 0 radical (unpaired) electrons. The van der Waals surface area contributed by atoms with E-state index in [1.807, 2.05) is 24.3 Å². The van der Waals surface area contributed by atoms with Crippen LogP contribution in [0, 0.1) is 0 Å². The summed E-state index contributed by atoms with van der Waals surface area (Å²) >= 11 is 0. The van der Waals surface area contributed by atoms with E-state index in [-0.39, 0.29) is 35.8 Å². The van der Waals surface area contributed by atoms with Crippen LogP contribution in [0.3, 0.4) is 0 Å². The molecule has 1 aromatic carbocycles. The number of methoxy groups -OCH3 is 2. The zero-order valence-corrected chi connectivity index (χ0v) is 19.1. The van der Waals surface area contributed by atoms with Crippen LogP contribution in [0.15, 0.2) is 30.6 Å². The van der Waals surface area contributed by atoms with Crippen molar-refractivity contribution in [3.05, 3.63) is 47.5 Å². The molecule has 1 saturated carbocycles. The zero-order chi connectivity index (χ0) is 23.6. The first-order valence-electron chi connectivity index (χ1n) is 11.0. The minimum Gasteiger partial charge on any atom is -0.497 e. The quantitative estimate of drug-likeness (QED) is 0.545. The summed E-state index contributed by atoms with van der Waals surface area (Å²) in [6.45, 7) is 2.99. The van der Waals surface area contributed by atoms with Gasteiger partial charge < -0.3 is 29.6 Å². The molecule has 1 aromatic heterocycles. The first-order chi connectivity index (χ1) is 15.9. The molecule has 4 rings (SSSR count). The van der Waals surface area contributed by atoms with Crippen LogP contribution in [-0.4, -0.2) is 71.1 Å². The van der Waals surface area contributed by atoms with E-state index >= 15 is 0 Å². The Morgan fingerprint density at radius 1 is 1.18 bits per heavy atom. The van der Waals surface area contributed by atoms with Gasteiger partial charge in [-0.05, 0) is 37.5 Å². The van der Waals surface area contributed by atoms with Crippen molar-refractivity contribution in [2.24, 2.45) is 0 Å². The van der Waals surface area contributed by atoms with Gasteiger partial charge in [0, 0.05) is 26.2 Å². The zero-order valence-electron chi connectivity index (χ0n) is 19.1. The first kappa shape index (κ1) is 22.8. The number of hydrogen-bond donors (Lipinski definition) is 2. The summed E-state index contributed by atoms with van der Waals surface area (Å²) in [5.74, 6) is -0.286. The van der Waals surface area contributed by atoms with E-state index in [9.17, 15) is 14.4 Å². The van der Waals surface area contributed by atoms with E-state index in [1.54, 1.807) is 30.6 Å². The second kappa shape index (κ2) is 9.22. The van der Waals surface area contributed by atoms with Gasteiger partial charge in [0.25, 0.3) is 11.8 Å². The van der Waals surface area contributed by atoms with Crippen LogP contribution in [0.1, 0.15) is 46.3 Å². The molecule has 1 aliphatic carbocycles. The van der Waals surface area contributed by atoms with Crippen molar-refractivity contribution in [3.63, 3.8) is 0 Å². The van der Waals surface area contributed by atoms with E-state index in [2.05, 4.69) is 15.6 Å². The fraction of sp³-hybridized carbons (Fsp3) is 0.478. The molecule has 1 atom stereocenters. The van der Waals surface area contributed by atoms with Crippen molar-refractivity contribution >= 4 is 17.7 Å². The van der Waals surface area contributed by atoms with Crippen LogP contribution >= 0.6 is 0 Å². The van der Waals surface area contributed by atoms with Crippen molar-refractivity contribution in [1.29, 1.82) is 0 Å². The molecule has 2 aromatic rings. The Bertz CT molecular complexity index is 1050. The molecule has 0 spiro atoms. The fourth-order valence-corrected chi connectivity index (χ4v) is 4.19. The Balaban J connectivity index is 1.54. The lowest BCUT2D eigenvalue weighted by Gasteiger charge is -2.44. The summed E-state index contributed by atoms with van der Waals surface area (Å²) in [7, 11) is 3.14. The number of nitrogens with zero attached hydrogens (tertiary/aromatic N) is 3. The van der Waals surface area contributed by atoms with Gasteiger partial charge in [0.1, 0.15) is 17.0 Å². The van der Waals surface area contributed by atoms with Gasteiger partial charge >= 0.3 is 0 Å². The fourth-order valence-electron chi connectivity index (χ4n) is 4.19. The van der Waals surface area contributed by atoms with Gasteiger partial charge in [-0.2, -0.15) is 0 Å². The smallest absolute Gasteiger partial charge is 0.274 e. The molecule has 3 amide bonds. The molecular formula is C23H29N5O5. The predicted molar refractivity (Wildman–Crippen MR) is 119 cm³/mol. The molecule has 1 unspecified atom stereocenters. The third kappa shape index (κ3) is 4.43. The number of benzene rings is 1. The number of ether oxygens (including phenoxy) is 2. The Hall–Kier alpha value is -3.40. The van der Waals surface area contributed by atoms with Crippen LogP contribution < -0.4 is 15.4 Å².